The summed E-state index contributed by atoms with van der Waals surface area (Å²) in [5.74, 6) is -0.485. The van der Waals surface area contributed by atoms with Gasteiger partial charge in [0, 0.05) is 41.0 Å². The van der Waals surface area contributed by atoms with E-state index in [0.29, 0.717) is 54.2 Å². The van der Waals surface area contributed by atoms with Crippen molar-refractivity contribution in [2.75, 3.05) is 31.6 Å². The first-order valence-corrected chi connectivity index (χ1v) is 10.2. The number of hydrogen-bond donors (Lipinski definition) is 1. The number of ketones is 1. The molecule has 6 heteroatoms. The molecule has 1 N–H and O–H groups in total. The Kier molecular flexibility index (Phi) is 4.84. The van der Waals surface area contributed by atoms with Crippen molar-refractivity contribution in [3.8, 4) is 11.1 Å². The van der Waals surface area contributed by atoms with Gasteiger partial charge in [0.15, 0.2) is 5.78 Å². The second kappa shape index (κ2) is 7.81. The minimum Gasteiger partial charge on any atom is -0.378 e. The van der Waals surface area contributed by atoms with Gasteiger partial charge in [-0.1, -0.05) is 36.4 Å². The van der Waals surface area contributed by atoms with E-state index in [1.54, 1.807) is 47.4 Å². The van der Waals surface area contributed by atoms with Crippen LogP contribution in [-0.4, -0.2) is 48.8 Å². The number of nitrogens with one attached hydrogen (secondary N) is 1. The minimum absolute atomic E-state index is 0.0710. The summed E-state index contributed by atoms with van der Waals surface area (Å²) in [6.07, 6.45) is 0. The summed E-state index contributed by atoms with van der Waals surface area (Å²) in [7, 11) is 0. The van der Waals surface area contributed by atoms with E-state index in [1.165, 1.54) is 0 Å². The first kappa shape index (κ1) is 19.2. The molecule has 1 fully saturated rings. The lowest BCUT2D eigenvalue weighted by Gasteiger charge is -2.27. The van der Waals surface area contributed by atoms with Crippen LogP contribution in [0.5, 0.6) is 0 Å². The summed E-state index contributed by atoms with van der Waals surface area (Å²) in [6.45, 7) is 2.17. The van der Waals surface area contributed by atoms with Crippen molar-refractivity contribution in [1.29, 1.82) is 0 Å². The van der Waals surface area contributed by atoms with E-state index in [1.807, 2.05) is 24.3 Å². The Morgan fingerprint density at radius 2 is 1.52 bits per heavy atom. The zero-order valence-corrected chi connectivity index (χ0v) is 16.8. The fourth-order valence-electron chi connectivity index (χ4n) is 4.05. The molecule has 3 aromatic carbocycles. The first-order valence-electron chi connectivity index (χ1n) is 10.2. The average Bonchev–Trinajstić information content (AvgIpc) is 3.11. The molecule has 2 amide bonds. The lowest BCUT2D eigenvalue weighted by molar-refractivity contribution is 0.0303. The van der Waals surface area contributed by atoms with Gasteiger partial charge in [0.05, 0.1) is 13.2 Å². The third-order valence-corrected chi connectivity index (χ3v) is 5.65. The summed E-state index contributed by atoms with van der Waals surface area (Å²) in [5.41, 5.74) is 4.36. The smallest absolute Gasteiger partial charge is 0.255 e. The third-order valence-electron chi connectivity index (χ3n) is 5.65. The highest BCUT2D eigenvalue weighted by Crippen LogP contribution is 2.36. The van der Waals surface area contributed by atoms with Gasteiger partial charge in [0.2, 0.25) is 0 Å². The van der Waals surface area contributed by atoms with Crippen LogP contribution in [0.4, 0.5) is 5.69 Å². The van der Waals surface area contributed by atoms with E-state index in [0.717, 1.165) is 11.1 Å². The van der Waals surface area contributed by atoms with Gasteiger partial charge in [-0.15, -0.1) is 0 Å². The molecule has 0 unspecified atom stereocenters. The molecule has 0 saturated carbocycles. The molecule has 0 bridgehead atoms. The molecule has 1 saturated heterocycles. The Labute approximate surface area is 179 Å². The lowest BCUT2D eigenvalue weighted by Crippen LogP contribution is -2.40. The van der Waals surface area contributed by atoms with Crippen LogP contribution in [-0.2, 0) is 4.74 Å². The van der Waals surface area contributed by atoms with Crippen molar-refractivity contribution in [3.05, 3.63) is 89.0 Å². The van der Waals surface area contributed by atoms with Crippen LogP contribution < -0.4 is 5.32 Å². The van der Waals surface area contributed by atoms with Crippen molar-refractivity contribution in [2.45, 2.75) is 0 Å². The van der Waals surface area contributed by atoms with Crippen LogP contribution in [0.1, 0.15) is 36.6 Å². The van der Waals surface area contributed by atoms with Crippen LogP contribution in [0.25, 0.3) is 11.1 Å². The quantitative estimate of drug-likeness (QED) is 0.558. The van der Waals surface area contributed by atoms with Gasteiger partial charge < -0.3 is 15.0 Å². The van der Waals surface area contributed by atoms with Crippen LogP contribution in [0.2, 0.25) is 0 Å². The van der Waals surface area contributed by atoms with Crippen molar-refractivity contribution in [1.82, 2.24) is 4.90 Å². The topological polar surface area (TPSA) is 75.7 Å². The number of carbonyl (C=O) groups excluding carboxylic acids is 3. The number of rotatable bonds is 3. The largest absolute Gasteiger partial charge is 0.378 e. The second-order valence-electron chi connectivity index (χ2n) is 7.57. The maximum absolute atomic E-state index is 12.8. The standard InChI is InChI=1S/C25H20N2O4/c28-23-21-7-2-1-6-19(21)20-9-8-16(15-22(20)23)24(29)26-18-5-3-4-17(14-18)25(30)27-10-12-31-13-11-27/h1-9,14-15H,10-13H2,(H,26,29). The van der Waals surface area contributed by atoms with Gasteiger partial charge in [-0.05, 0) is 41.5 Å². The number of benzene rings is 3. The monoisotopic (exact) mass is 412 g/mol. The molecule has 6 nitrogen and oxygen atoms in total. The van der Waals surface area contributed by atoms with Crippen molar-refractivity contribution < 1.29 is 19.1 Å². The summed E-state index contributed by atoms with van der Waals surface area (Å²) in [6, 6.07) is 19.5. The summed E-state index contributed by atoms with van der Waals surface area (Å²) < 4.78 is 5.30. The van der Waals surface area contributed by atoms with Crippen molar-refractivity contribution >= 4 is 23.3 Å². The Balaban J connectivity index is 1.36. The highest BCUT2D eigenvalue weighted by Gasteiger charge is 2.27. The Bertz CT molecular complexity index is 1210. The molecular formula is C25H20N2O4. The van der Waals surface area contributed by atoms with Gasteiger partial charge in [-0.25, -0.2) is 0 Å². The SMILES string of the molecule is O=C(Nc1cccc(C(=O)N2CCOCC2)c1)c1ccc2c(c1)C(=O)c1ccccc1-2. The molecule has 2 aliphatic rings. The maximum Gasteiger partial charge on any atom is 0.255 e. The normalized spacial score (nSPS) is 14.7. The Hall–Kier alpha value is -3.77. The molecule has 0 aromatic heterocycles. The minimum atomic E-state index is -0.331. The molecule has 31 heavy (non-hydrogen) atoms. The second-order valence-corrected chi connectivity index (χ2v) is 7.57. The summed E-state index contributed by atoms with van der Waals surface area (Å²) in [5, 5.41) is 2.84. The van der Waals surface area contributed by atoms with Crippen LogP contribution >= 0.6 is 0 Å². The number of hydrogen-bond acceptors (Lipinski definition) is 4. The summed E-state index contributed by atoms with van der Waals surface area (Å²) in [4.78, 5) is 40.0. The molecule has 0 spiro atoms. The van der Waals surface area contributed by atoms with Gasteiger partial charge in [-0.2, -0.15) is 0 Å². The molecular weight excluding hydrogens is 392 g/mol. The van der Waals surface area contributed by atoms with E-state index < -0.39 is 0 Å². The highest BCUT2D eigenvalue weighted by molar-refractivity contribution is 6.22. The number of amides is 2. The van der Waals surface area contributed by atoms with E-state index in [-0.39, 0.29) is 17.6 Å². The van der Waals surface area contributed by atoms with Crippen molar-refractivity contribution in [3.63, 3.8) is 0 Å². The number of carbonyl (C=O) groups is 3. The number of nitrogens with zero attached hydrogens (tertiary/aromatic N) is 1. The lowest BCUT2D eigenvalue weighted by atomic mass is 10.0. The Morgan fingerprint density at radius 3 is 2.32 bits per heavy atom. The fraction of sp³-hybridized carbons (Fsp3) is 0.160. The van der Waals surface area contributed by atoms with E-state index >= 15 is 0 Å². The average molecular weight is 412 g/mol. The van der Waals surface area contributed by atoms with E-state index in [9.17, 15) is 14.4 Å². The number of morpholine rings is 1. The number of fused-ring (bicyclic) bond motifs is 3. The number of ether oxygens (including phenoxy) is 1. The fourth-order valence-corrected chi connectivity index (χ4v) is 4.05. The van der Waals surface area contributed by atoms with Crippen LogP contribution in [0, 0.1) is 0 Å². The number of anilines is 1. The molecule has 154 valence electrons. The molecule has 1 aliphatic carbocycles. The molecule has 0 atom stereocenters. The molecule has 3 aromatic rings. The molecule has 0 radical (unpaired) electrons. The third kappa shape index (κ3) is 3.51. The molecule has 1 heterocycles. The molecule has 5 rings (SSSR count). The predicted molar refractivity (Wildman–Crippen MR) is 116 cm³/mol. The Morgan fingerprint density at radius 1 is 0.774 bits per heavy atom. The maximum atomic E-state index is 12.8. The van der Waals surface area contributed by atoms with E-state index in [2.05, 4.69) is 5.32 Å². The molecule has 1 aliphatic heterocycles. The van der Waals surface area contributed by atoms with Crippen LogP contribution in [0.15, 0.2) is 66.7 Å². The zero-order chi connectivity index (χ0) is 21.4. The van der Waals surface area contributed by atoms with E-state index in [4.69, 9.17) is 4.74 Å². The zero-order valence-electron chi connectivity index (χ0n) is 16.8. The highest BCUT2D eigenvalue weighted by atomic mass is 16.5. The van der Waals surface area contributed by atoms with Crippen molar-refractivity contribution in [2.24, 2.45) is 0 Å². The first-order chi connectivity index (χ1) is 15.1. The van der Waals surface area contributed by atoms with Gasteiger partial charge in [0.25, 0.3) is 11.8 Å². The van der Waals surface area contributed by atoms with Gasteiger partial charge in [0.1, 0.15) is 0 Å². The van der Waals surface area contributed by atoms with Crippen LogP contribution in [0.3, 0.4) is 0 Å². The van der Waals surface area contributed by atoms with Gasteiger partial charge >= 0.3 is 0 Å². The predicted octanol–water partition coefficient (Wildman–Crippen LogP) is 3.62. The summed E-state index contributed by atoms with van der Waals surface area (Å²) >= 11 is 0. The van der Waals surface area contributed by atoms with Gasteiger partial charge in [-0.3, -0.25) is 14.4 Å².